The van der Waals surface area contributed by atoms with Crippen molar-refractivity contribution in [3.63, 3.8) is 0 Å². The summed E-state index contributed by atoms with van der Waals surface area (Å²) >= 11 is 6.13. The van der Waals surface area contributed by atoms with Crippen LogP contribution < -0.4 is 5.32 Å². The van der Waals surface area contributed by atoms with Crippen molar-refractivity contribution >= 4 is 29.5 Å². The fourth-order valence-electron chi connectivity index (χ4n) is 2.35. The lowest BCUT2D eigenvalue weighted by Crippen LogP contribution is -2.10. The van der Waals surface area contributed by atoms with Gasteiger partial charge in [0.05, 0.1) is 12.2 Å². The van der Waals surface area contributed by atoms with Gasteiger partial charge in [-0.3, -0.25) is 14.8 Å². The lowest BCUT2D eigenvalue weighted by Gasteiger charge is -2.00. The number of nitrogens with one attached hydrogen (secondary N) is 1. The van der Waals surface area contributed by atoms with Crippen molar-refractivity contribution in [2.24, 2.45) is 7.05 Å². The molecular formula is C17H17ClN6O. The summed E-state index contributed by atoms with van der Waals surface area (Å²) in [5, 5.41) is 11.5. The second-order valence-electron chi connectivity index (χ2n) is 5.49. The second-order valence-corrected chi connectivity index (χ2v) is 5.85. The molecule has 8 heteroatoms. The molecule has 3 rings (SSSR count). The molecule has 0 saturated heterocycles. The maximum Gasteiger partial charge on any atom is 0.250 e. The van der Waals surface area contributed by atoms with Gasteiger partial charge in [-0.15, -0.1) is 5.10 Å². The lowest BCUT2D eigenvalue weighted by atomic mass is 10.2. The molecule has 3 aromatic rings. The number of halogens is 1. The van der Waals surface area contributed by atoms with Crippen LogP contribution in [0.3, 0.4) is 0 Å². The Morgan fingerprint density at radius 2 is 2.04 bits per heavy atom. The van der Waals surface area contributed by atoms with Gasteiger partial charge in [0, 0.05) is 18.7 Å². The molecule has 0 aliphatic carbocycles. The Hall–Kier alpha value is -2.93. The number of aryl methyl sites for hydroxylation is 2. The van der Waals surface area contributed by atoms with Crippen LogP contribution in [0.25, 0.3) is 6.08 Å². The van der Waals surface area contributed by atoms with Crippen LogP contribution in [-0.2, 0) is 18.4 Å². The number of hydrogen-bond donors (Lipinski definition) is 1. The van der Waals surface area contributed by atoms with E-state index in [1.54, 1.807) is 28.8 Å². The molecule has 128 valence electrons. The summed E-state index contributed by atoms with van der Waals surface area (Å²) < 4.78 is 3.22. The zero-order valence-corrected chi connectivity index (χ0v) is 14.6. The van der Waals surface area contributed by atoms with Gasteiger partial charge in [0.15, 0.2) is 0 Å². The van der Waals surface area contributed by atoms with Crippen LogP contribution in [-0.4, -0.2) is 30.5 Å². The molecule has 0 spiro atoms. The summed E-state index contributed by atoms with van der Waals surface area (Å²) in [6, 6.07) is 9.89. The first-order chi connectivity index (χ1) is 12.0. The largest absolute Gasteiger partial charge is 0.290 e. The van der Waals surface area contributed by atoms with Crippen LogP contribution >= 0.6 is 11.6 Å². The van der Waals surface area contributed by atoms with Crippen molar-refractivity contribution < 1.29 is 4.79 Å². The highest BCUT2D eigenvalue weighted by molar-refractivity contribution is 6.31. The number of hydrogen-bond acceptors (Lipinski definition) is 4. The molecule has 25 heavy (non-hydrogen) atoms. The summed E-state index contributed by atoms with van der Waals surface area (Å²) in [6.07, 6.45) is 4.59. The molecule has 1 N–H and O–H groups in total. The predicted molar refractivity (Wildman–Crippen MR) is 96.2 cm³/mol. The summed E-state index contributed by atoms with van der Waals surface area (Å²) in [4.78, 5) is 16.1. The standard InChI is InChI=1S/C17H17ClN6O/c1-12-14(16(18)23(2)21-12)8-9-15(25)20-17-19-11-24(22-17)10-13-6-4-3-5-7-13/h3-9,11H,10H2,1-2H3,(H,20,22,25)/b9-8+. The van der Waals surface area contributed by atoms with E-state index in [0.29, 0.717) is 17.3 Å². The number of amides is 1. The predicted octanol–water partition coefficient (Wildman–Crippen LogP) is 2.67. The zero-order valence-electron chi connectivity index (χ0n) is 13.8. The van der Waals surface area contributed by atoms with E-state index in [9.17, 15) is 4.79 Å². The van der Waals surface area contributed by atoms with Gasteiger partial charge in [0.1, 0.15) is 11.5 Å². The monoisotopic (exact) mass is 356 g/mol. The first kappa shape index (κ1) is 16.9. The summed E-state index contributed by atoms with van der Waals surface area (Å²) in [7, 11) is 1.75. The summed E-state index contributed by atoms with van der Waals surface area (Å²) in [5.41, 5.74) is 2.57. The van der Waals surface area contributed by atoms with Gasteiger partial charge in [-0.2, -0.15) is 5.10 Å². The van der Waals surface area contributed by atoms with E-state index in [2.05, 4.69) is 20.5 Å². The van der Waals surface area contributed by atoms with Crippen molar-refractivity contribution in [1.29, 1.82) is 0 Å². The van der Waals surface area contributed by atoms with Gasteiger partial charge in [-0.05, 0) is 18.6 Å². The van der Waals surface area contributed by atoms with Crippen LogP contribution in [0.1, 0.15) is 16.8 Å². The van der Waals surface area contributed by atoms with E-state index in [1.807, 2.05) is 37.3 Å². The highest BCUT2D eigenvalue weighted by Crippen LogP contribution is 2.19. The molecule has 0 radical (unpaired) electrons. The molecule has 0 fully saturated rings. The molecule has 2 aromatic heterocycles. The fraction of sp³-hybridized carbons (Fsp3) is 0.176. The van der Waals surface area contributed by atoms with Gasteiger partial charge < -0.3 is 0 Å². The average molecular weight is 357 g/mol. The smallest absolute Gasteiger partial charge is 0.250 e. The Balaban J connectivity index is 1.63. The van der Waals surface area contributed by atoms with Crippen LogP contribution in [0.2, 0.25) is 5.15 Å². The van der Waals surface area contributed by atoms with Crippen LogP contribution in [0.4, 0.5) is 5.95 Å². The molecule has 7 nitrogen and oxygen atoms in total. The zero-order chi connectivity index (χ0) is 17.8. The van der Waals surface area contributed by atoms with E-state index < -0.39 is 0 Å². The third-order valence-electron chi connectivity index (χ3n) is 3.56. The number of carbonyl (C=O) groups excluding carboxylic acids is 1. The Bertz CT molecular complexity index is 913. The maximum absolute atomic E-state index is 12.0. The van der Waals surface area contributed by atoms with Crippen LogP contribution in [0.15, 0.2) is 42.7 Å². The van der Waals surface area contributed by atoms with Crippen molar-refractivity contribution in [1.82, 2.24) is 24.5 Å². The molecule has 0 bridgehead atoms. The van der Waals surface area contributed by atoms with E-state index in [0.717, 1.165) is 11.3 Å². The minimum absolute atomic E-state index is 0.250. The number of aromatic nitrogens is 5. The molecule has 2 heterocycles. The fourth-order valence-corrected chi connectivity index (χ4v) is 2.58. The number of benzene rings is 1. The van der Waals surface area contributed by atoms with E-state index in [-0.39, 0.29) is 11.9 Å². The van der Waals surface area contributed by atoms with Crippen LogP contribution in [0.5, 0.6) is 0 Å². The molecule has 0 atom stereocenters. The third-order valence-corrected chi connectivity index (χ3v) is 4.00. The molecule has 0 unspecified atom stereocenters. The van der Waals surface area contributed by atoms with Crippen molar-refractivity contribution in [3.05, 3.63) is 64.7 Å². The lowest BCUT2D eigenvalue weighted by molar-refractivity contribution is -0.111. The third kappa shape index (κ3) is 4.13. The molecular weight excluding hydrogens is 340 g/mol. The summed E-state index contributed by atoms with van der Waals surface area (Å²) in [5.74, 6) is -0.0867. The van der Waals surface area contributed by atoms with Gasteiger partial charge in [0.25, 0.3) is 5.91 Å². The number of anilines is 1. The Morgan fingerprint density at radius 1 is 1.28 bits per heavy atom. The first-order valence-electron chi connectivity index (χ1n) is 7.64. The van der Waals surface area contributed by atoms with Gasteiger partial charge in [-0.1, -0.05) is 41.9 Å². The molecule has 1 aromatic carbocycles. The number of carbonyl (C=O) groups is 1. The van der Waals surface area contributed by atoms with Crippen LogP contribution in [0, 0.1) is 6.92 Å². The van der Waals surface area contributed by atoms with E-state index >= 15 is 0 Å². The Morgan fingerprint density at radius 3 is 2.72 bits per heavy atom. The highest BCUT2D eigenvalue weighted by Gasteiger charge is 2.09. The second kappa shape index (κ2) is 7.31. The van der Waals surface area contributed by atoms with E-state index in [1.165, 1.54) is 6.08 Å². The Kier molecular flexibility index (Phi) is 4.95. The van der Waals surface area contributed by atoms with Crippen molar-refractivity contribution in [2.75, 3.05) is 5.32 Å². The van der Waals surface area contributed by atoms with Gasteiger partial charge in [0.2, 0.25) is 5.95 Å². The highest BCUT2D eigenvalue weighted by atomic mass is 35.5. The van der Waals surface area contributed by atoms with Gasteiger partial charge >= 0.3 is 0 Å². The molecule has 0 aliphatic rings. The minimum atomic E-state index is -0.336. The van der Waals surface area contributed by atoms with E-state index in [4.69, 9.17) is 11.6 Å². The normalized spacial score (nSPS) is 11.2. The SMILES string of the molecule is Cc1nn(C)c(Cl)c1/C=C/C(=O)Nc1ncn(Cc2ccccc2)n1. The average Bonchev–Trinajstić information content (AvgIpc) is 3.11. The maximum atomic E-state index is 12.0. The quantitative estimate of drug-likeness (QED) is 0.713. The van der Waals surface area contributed by atoms with Crippen molar-refractivity contribution in [3.8, 4) is 0 Å². The molecule has 0 aliphatic heterocycles. The Labute approximate surface area is 149 Å². The topological polar surface area (TPSA) is 77.6 Å². The number of rotatable bonds is 5. The molecule has 0 saturated carbocycles. The minimum Gasteiger partial charge on any atom is -0.290 e. The number of nitrogens with zero attached hydrogens (tertiary/aromatic N) is 5. The first-order valence-corrected chi connectivity index (χ1v) is 8.02. The van der Waals surface area contributed by atoms with Crippen molar-refractivity contribution in [2.45, 2.75) is 13.5 Å². The van der Waals surface area contributed by atoms with Gasteiger partial charge in [-0.25, -0.2) is 9.67 Å². The summed E-state index contributed by atoms with van der Waals surface area (Å²) in [6.45, 7) is 2.42. The molecule has 1 amide bonds.